The van der Waals surface area contributed by atoms with Gasteiger partial charge in [-0.2, -0.15) is 11.8 Å². The largest absolute Gasteiger partial charge is 0.364 e. The van der Waals surface area contributed by atoms with Crippen molar-refractivity contribution in [2.24, 2.45) is 11.1 Å². The highest BCUT2D eigenvalue weighted by Gasteiger charge is 2.43. The van der Waals surface area contributed by atoms with Crippen molar-refractivity contribution in [2.75, 3.05) is 29.5 Å². The Morgan fingerprint density at radius 2 is 1.89 bits per heavy atom. The van der Waals surface area contributed by atoms with E-state index in [1.165, 1.54) is 17.9 Å². The summed E-state index contributed by atoms with van der Waals surface area (Å²) in [5.74, 6) is 2.37. The normalized spacial score (nSPS) is 26.1. The van der Waals surface area contributed by atoms with Gasteiger partial charge in [-0.3, -0.25) is 0 Å². The summed E-state index contributed by atoms with van der Waals surface area (Å²) in [6.45, 7) is 8.70. The lowest BCUT2D eigenvalue weighted by Crippen LogP contribution is -2.60. The molecule has 2 N–H and O–H groups in total. The van der Waals surface area contributed by atoms with Crippen molar-refractivity contribution in [1.29, 1.82) is 0 Å². The Morgan fingerprint density at radius 1 is 1.21 bits per heavy atom. The topological polar surface area (TPSA) is 29.3 Å². The van der Waals surface area contributed by atoms with E-state index in [9.17, 15) is 0 Å². The molecule has 0 saturated carbocycles. The zero-order valence-corrected chi connectivity index (χ0v) is 13.2. The van der Waals surface area contributed by atoms with E-state index in [0.29, 0.717) is 5.41 Å². The van der Waals surface area contributed by atoms with Gasteiger partial charge in [0.2, 0.25) is 0 Å². The first-order valence-electron chi connectivity index (χ1n) is 7.13. The van der Waals surface area contributed by atoms with Crippen LogP contribution in [0.5, 0.6) is 0 Å². The molecule has 106 valence electrons. The SMILES string of the molecule is CCN(c1ccccc1)C1(CN)CSCC(C)(C)C1. The standard InChI is InChI=1S/C16H26N2S/c1-4-18(14-8-6-5-7-9-14)16(11-17)10-15(2,3)12-19-13-16/h5-9H,4,10-13,17H2,1-3H3. The van der Waals surface area contributed by atoms with E-state index >= 15 is 0 Å². The summed E-state index contributed by atoms with van der Waals surface area (Å²) in [4.78, 5) is 2.51. The van der Waals surface area contributed by atoms with Gasteiger partial charge in [-0.05, 0) is 36.6 Å². The summed E-state index contributed by atoms with van der Waals surface area (Å²) in [6, 6.07) is 10.7. The van der Waals surface area contributed by atoms with Crippen molar-refractivity contribution in [1.82, 2.24) is 0 Å². The average Bonchev–Trinajstić information content (AvgIpc) is 2.39. The number of para-hydroxylation sites is 1. The number of hydrogen-bond acceptors (Lipinski definition) is 3. The number of benzene rings is 1. The Labute approximate surface area is 121 Å². The van der Waals surface area contributed by atoms with Gasteiger partial charge in [-0.1, -0.05) is 32.0 Å². The predicted molar refractivity (Wildman–Crippen MR) is 87.0 cm³/mol. The molecular formula is C16H26N2S. The zero-order valence-electron chi connectivity index (χ0n) is 12.4. The third-order valence-electron chi connectivity index (χ3n) is 4.01. The van der Waals surface area contributed by atoms with Gasteiger partial charge in [0.1, 0.15) is 0 Å². The smallest absolute Gasteiger partial charge is 0.0619 e. The van der Waals surface area contributed by atoms with Crippen LogP contribution in [-0.2, 0) is 0 Å². The Bertz CT molecular complexity index is 404. The van der Waals surface area contributed by atoms with Crippen LogP contribution in [0.3, 0.4) is 0 Å². The van der Waals surface area contributed by atoms with Crippen molar-refractivity contribution in [2.45, 2.75) is 32.7 Å². The number of hydrogen-bond donors (Lipinski definition) is 1. The van der Waals surface area contributed by atoms with E-state index in [2.05, 4.69) is 67.8 Å². The Morgan fingerprint density at radius 3 is 2.42 bits per heavy atom. The van der Waals surface area contributed by atoms with Crippen LogP contribution < -0.4 is 10.6 Å². The maximum absolute atomic E-state index is 6.22. The fourth-order valence-electron chi connectivity index (χ4n) is 3.32. The van der Waals surface area contributed by atoms with Crippen molar-refractivity contribution in [3.63, 3.8) is 0 Å². The molecule has 1 aliphatic heterocycles. The van der Waals surface area contributed by atoms with Gasteiger partial charge in [-0.15, -0.1) is 0 Å². The molecule has 1 atom stereocenters. The molecule has 1 aromatic carbocycles. The molecule has 2 nitrogen and oxygen atoms in total. The second kappa shape index (κ2) is 5.76. The number of likely N-dealkylation sites (N-methyl/N-ethyl adjacent to an activating group) is 1. The first-order valence-corrected chi connectivity index (χ1v) is 8.29. The van der Waals surface area contributed by atoms with Crippen LogP contribution in [0, 0.1) is 5.41 Å². The molecule has 19 heavy (non-hydrogen) atoms. The lowest BCUT2D eigenvalue weighted by molar-refractivity contribution is 0.260. The summed E-state index contributed by atoms with van der Waals surface area (Å²) in [5.41, 5.74) is 7.98. The number of nitrogens with zero attached hydrogens (tertiary/aromatic N) is 1. The molecule has 0 aromatic heterocycles. The van der Waals surface area contributed by atoms with E-state index in [1.807, 2.05) is 0 Å². The van der Waals surface area contributed by atoms with E-state index in [-0.39, 0.29) is 5.54 Å². The highest BCUT2D eigenvalue weighted by Crippen LogP contribution is 2.43. The Balaban J connectivity index is 2.33. The van der Waals surface area contributed by atoms with E-state index in [0.717, 1.165) is 18.8 Å². The molecule has 1 aromatic rings. The lowest BCUT2D eigenvalue weighted by atomic mass is 9.78. The van der Waals surface area contributed by atoms with Crippen LogP contribution in [0.15, 0.2) is 30.3 Å². The molecule has 0 spiro atoms. The monoisotopic (exact) mass is 278 g/mol. The van der Waals surface area contributed by atoms with Gasteiger partial charge in [0.15, 0.2) is 0 Å². The number of rotatable bonds is 4. The fourth-order valence-corrected chi connectivity index (χ4v) is 4.84. The molecule has 1 fully saturated rings. The first kappa shape index (κ1) is 14.7. The van der Waals surface area contributed by atoms with Gasteiger partial charge in [-0.25, -0.2) is 0 Å². The van der Waals surface area contributed by atoms with Crippen LogP contribution in [0.25, 0.3) is 0 Å². The van der Waals surface area contributed by atoms with E-state index < -0.39 is 0 Å². The summed E-state index contributed by atoms with van der Waals surface area (Å²) < 4.78 is 0. The highest BCUT2D eigenvalue weighted by atomic mass is 32.2. The van der Waals surface area contributed by atoms with Crippen LogP contribution >= 0.6 is 11.8 Å². The summed E-state index contributed by atoms with van der Waals surface area (Å²) in [6.07, 6.45) is 1.17. The van der Waals surface area contributed by atoms with Crippen molar-refractivity contribution >= 4 is 17.4 Å². The molecule has 1 aliphatic rings. The van der Waals surface area contributed by atoms with Crippen LogP contribution in [0.4, 0.5) is 5.69 Å². The molecule has 1 unspecified atom stereocenters. The van der Waals surface area contributed by atoms with Crippen molar-refractivity contribution in [3.05, 3.63) is 30.3 Å². The number of nitrogens with two attached hydrogens (primary N) is 1. The van der Waals surface area contributed by atoms with Gasteiger partial charge in [0.25, 0.3) is 0 Å². The molecule has 3 heteroatoms. The molecule has 1 heterocycles. The molecule has 0 amide bonds. The second-order valence-corrected chi connectivity index (χ2v) is 7.33. The zero-order chi connectivity index (χ0) is 13.9. The van der Waals surface area contributed by atoms with Gasteiger partial charge >= 0.3 is 0 Å². The van der Waals surface area contributed by atoms with Crippen LogP contribution in [0.1, 0.15) is 27.2 Å². The molecule has 2 rings (SSSR count). The quantitative estimate of drug-likeness (QED) is 0.915. The van der Waals surface area contributed by atoms with E-state index in [1.54, 1.807) is 0 Å². The third-order valence-corrected chi connectivity index (χ3v) is 5.73. The lowest BCUT2D eigenvalue weighted by Gasteiger charge is -2.51. The van der Waals surface area contributed by atoms with Gasteiger partial charge in [0, 0.05) is 24.5 Å². The fraction of sp³-hybridized carbons (Fsp3) is 0.625. The minimum absolute atomic E-state index is 0.0997. The molecule has 0 aliphatic carbocycles. The number of thioether (sulfide) groups is 1. The van der Waals surface area contributed by atoms with Crippen molar-refractivity contribution in [3.8, 4) is 0 Å². The van der Waals surface area contributed by atoms with Gasteiger partial charge < -0.3 is 10.6 Å². The summed E-state index contributed by atoms with van der Waals surface area (Å²) >= 11 is 2.05. The molecule has 0 radical (unpaired) electrons. The first-order chi connectivity index (χ1) is 9.03. The maximum Gasteiger partial charge on any atom is 0.0619 e. The van der Waals surface area contributed by atoms with Crippen molar-refractivity contribution < 1.29 is 0 Å². The molecular weight excluding hydrogens is 252 g/mol. The molecule has 1 saturated heterocycles. The van der Waals surface area contributed by atoms with E-state index in [4.69, 9.17) is 5.73 Å². The summed E-state index contributed by atoms with van der Waals surface area (Å²) in [7, 11) is 0. The second-order valence-electron chi connectivity index (χ2n) is 6.34. The maximum atomic E-state index is 6.22. The Hall–Kier alpha value is -0.670. The minimum Gasteiger partial charge on any atom is -0.364 e. The minimum atomic E-state index is 0.0997. The predicted octanol–water partition coefficient (Wildman–Crippen LogP) is 3.37. The summed E-state index contributed by atoms with van der Waals surface area (Å²) in [5, 5.41) is 0. The van der Waals surface area contributed by atoms with Gasteiger partial charge in [0.05, 0.1) is 5.54 Å². The average molecular weight is 278 g/mol. The molecule has 0 bridgehead atoms. The third kappa shape index (κ3) is 3.09. The highest BCUT2D eigenvalue weighted by molar-refractivity contribution is 7.99. The van der Waals surface area contributed by atoms with Crippen LogP contribution in [-0.4, -0.2) is 30.1 Å². The number of anilines is 1. The Kier molecular flexibility index (Phi) is 4.46. The van der Waals surface area contributed by atoms with Crippen LogP contribution in [0.2, 0.25) is 0 Å².